The van der Waals surface area contributed by atoms with Gasteiger partial charge in [0.05, 0.1) is 18.2 Å². The molecule has 0 aromatic rings. The van der Waals surface area contributed by atoms with E-state index in [9.17, 15) is 29.1 Å². The molecular formula is C23H41N5O6. The molecule has 194 valence electrons. The first kappa shape index (κ1) is 29.5. The molecule has 0 radical (unpaired) electrons. The largest absolute Gasteiger partial charge is 0.391 e. The van der Waals surface area contributed by atoms with E-state index in [1.807, 2.05) is 13.8 Å². The van der Waals surface area contributed by atoms with Crippen molar-refractivity contribution in [1.82, 2.24) is 20.9 Å². The summed E-state index contributed by atoms with van der Waals surface area (Å²) < 4.78 is 0. The van der Waals surface area contributed by atoms with Crippen LogP contribution in [0.25, 0.3) is 0 Å². The van der Waals surface area contributed by atoms with Crippen LogP contribution in [0.4, 0.5) is 0 Å². The van der Waals surface area contributed by atoms with Crippen LogP contribution in [0.2, 0.25) is 0 Å². The first-order chi connectivity index (χ1) is 16.0. The molecule has 1 fully saturated rings. The molecule has 1 saturated heterocycles. The molecule has 1 heterocycles. The number of nitrogens with one attached hydrogen (secondary N) is 3. The summed E-state index contributed by atoms with van der Waals surface area (Å²) in [5.41, 5.74) is 5.90. The van der Waals surface area contributed by atoms with Crippen LogP contribution in [0.5, 0.6) is 0 Å². The topological polar surface area (TPSA) is 171 Å². The van der Waals surface area contributed by atoms with E-state index in [-0.39, 0.29) is 24.2 Å². The summed E-state index contributed by atoms with van der Waals surface area (Å²) >= 11 is 0. The number of likely N-dealkylation sites (tertiary alicyclic amines) is 1. The van der Waals surface area contributed by atoms with E-state index in [1.54, 1.807) is 0 Å². The monoisotopic (exact) mass is 483 g/mol. The van der Waals surface area contributed by atoms with Gasteiger partial charge in [-0.1, -0.05) is 13.8 Å². The molecule has 1 rings (SSSR count). The third kappa shape index (κ3) is 9.76. The number of carbonyl (C=O) groups excluding carboxylic acids is 5. The van der Waals surface area contributed by atoms with Crippen molar-refractivity contribution in [2.75, 3.05) is 13.1 Å². The molecule has 4 amide bonds. The number of aldehydes is 1. The van der Waals surface area contributed by atoms with Gasteiger partial charge in [-0.25, -0.2) is 0 Å². The highest BCUT2D eigenvalue weighted by molar-refractivity contribution is 5.94. The molecule has 1 aliphatic rings. The number of rotatable bonds is 14. The van der Waals surface area contributed by atoms with Gasteiger partial charge in [-0.15, -0.1) is 0 Å². The summed E-state index contributed by atoms with van der Waals surface area (Å²) in [4.78, 5) is 62.5. The van der Waals surface area contributed by atoms with Crippen LogP contribution >= 0.6 is 0 Å². The second kappa shape index (κ2) is 14.7. The number of aliphatic hydroxyl groups is 1. The average Bonchev–Trinajstić information content (AvgIpc) is 3.23. The molecule has 0 saturated carbocycles. The second-order valence-corrected chi connectivity index (χ2v) is 9.38. The van der Waals surface area contributed by atoms with Gasteiger partial charge in [0, 0.05) is 20.0 Å². The number of hydrogen-bond donors (Lipinski definition) is 5. The lowest BCUT2D eigenvalue weighted by atomic mass is 10.0. The van der Waals surface area contributed by atoms with E-state index < -0.39 is 42.1 Å². The van der Waals surface area contributed by atoms with Gasteiger partial charge in [0.1, 0.15) is 18.4 Å². The third-order valence-corrected chi connectivity index (χ3v) is 5.77. The highest BCUT2D eigenvalue weighted by Crippen LogP contribution is 2.18. The van der Waals surface area contributed by atoms with Crippen molar-refractivity contribution in [3.8, 4) is 0 Å². The quantitative estimate of drug-likeness (QED) is 0.159. The minimum Gasteiger partial charge on any atom is -0.391 e. The number of nitrogens with zero attached hydrogens (tertiary/aromatic N) is 1. The van der Waals surface area contributed by atoms with Crippen LogP contribution in [-0.4, -0.2) is 83.3 Å². The second-order valence-electron chi connectivity index (χ2n) is 9.38. The van der Waals surface area contributed by atoms with Crippen molar-refractivity contribution in [2.24, 2.45) is 11.7 Å². The van der Waals surface area contributed by atoms with E-state index in [0.717, 1.165) is 6.29 Å². The first-order valence-corrected chi connectivity index (χ1v) is 12.0. The lowest BCUT2D eigenvalue weighted by Gasteiger charge is -2.29. The Labute approximate surface area is 201 Å². The van der Waals surface area contributed by atoms with Crippen LogP contribution < -0.4 is 21.7 Å². The van der Waals surface area contributed by atoms with E-state index in [2.05, 4.69) is 16.0 Å². The molecule has 0 aliphatic carbocycles. The molecule has 0 bridgehead atoms. The fraction of sp³-hybridized carbons (Fsp3) is 0.783. The molecule has 0 aromatic carbocycles. The molecule has 0 aromatic heterocycles. The van der Waals surface area contributed by atoms with Crippen LogP contribution in [0.15, 0.2) is 0 Å². The van der Waals surface area contributed by atoms with Crippen LogP contribution in [-0.2, 0) is 24.0 Å². The summed E-state index contributed by atoms with van der Waals surface area (Å²) in [5.74, 6) is -1.63. The summed E-state index contributed by atoms with van der Waals surface area (Å²) in [7, 11) is 0. The number of unbranched alkanes of at least 4 members (excludes halogenated alkanes) is 1. The minimum atomic E-state index is -1.29. The Morgan fingerprint density at radius 1 is 1.12 bits per heavy atom. The van der Waals surface area contributed by atoms with E-state index >= 15 is 0 Å². The summed E-state index contributed by atoms with van der Waals surface area (Å²) in [6, 6.07) is -3.60. The summed E-state index contributed by atoms with van der Waals surface area (Å²) in [6.45, 7) is 7.47. The van der Waals surface area contributed by atoms with E-state index in [0.29, 0.717) is 45.2 Å². The van der Waals surface area contributed by atoms with Gasteiger partial charge in [0.15, 0.2) is 0 Å². The number of carbonyl (C=O) groups is 5. The van der Waals surface area contributed by atoms with Crippen molar-refractivity contribution in [3.63, 3.8) is 0 Å². The molecule has 0 unspecified atom stereocenters. The number of amides is 4. The Bertz CT molecular complexity index is 714. The van der Waals surface area contributed by atoms with Gasteiger partial charge in [0.25, 0.3) is 0 Å². The normalized spacial score (nSPS) is 19.1. The Balaban J connectivity index is 2.90. The van der Waals surface area contributed by atoms with Crippen LogP contribution in [0.1, 0.15) is 66.2 Å². The molecule has 11 heteroatoms. The van der Waals surface area contributed by atoms with Gasteiger partial charge in [-0.3, -0.25) is 19.2 Å². The highest BCUT2D eigenvalue weighted by Gasteiger charge is 2.36. The SMILES string of the molecule is CC(=O)NCCCC[C@H](NC(=O)[C@@H](NC(=O)[C@@H](N)CC(C)C)[C@@H](C)O)C(=O)N1CCC[C@H]1C=O. The smallest absolute Gasteiger partial charge is 0.245 e. The average molecular weight is 484 g/mol. The zero-order valence-electron chi connectivity index (χ0n) is 20.7. The van der Waals surface area contributed by atoms with Crippen LogP contribution in [0, 0.1) is 5.92 Å². The van der Waals surface area contributed by atoms with Crippen LogP contribution in [0.3, 0.4) is 0 Å². The maximum absolute atomic E-state index is 13.2. The molecule has 11 nitrogen and oxygen atoms in total. The maximum Gasteiger partial charge on any atom is 0.245 e. The van der Waals surface area contributed by atoms with Crippen molar-refractivity contribution >= 4 is 29.9 Å². The predicted octanol–water partition coefficient (Wildman–Crippen LogP) is -0.793. The highest BCUT2D eigenvalue weighted by atomic mass is 16.3. The fourth-order valence-electron chi connectivity index (χ4n) is 3.94. The predicted molar refractivity (Wildman–Crippen MR) is 126 cm³/mol. The summed E-state index contributed by atoms with van der Waals surface area (Å²) in [5, 5.41) is 18.0. The Kier molecular flexibility index (Phi) is 12.7. The van der Waals surface area contributed by atoms with Crippen molar-refractivity contribution in [3.05, 3.63) is 0 Å². The van der Waals surface area contributed by atoms with Gasteiger partial charge < -0.3 is 36.5 Å². The number of aliphatic hydroxyl groups excluding tert-OH is 1. The first-order valence-electron chi connectivity index (χ1n) is 12.0. The number of hydrogen-bond acceptors (Lipinski definition) is 7. The fourth-order valence-corrected chi connectivity index (χ4v) is 3.94. The van der Waals surface area contributed by atoms with Gasteiger partial charge in [-0.2, -0.15) is 0 Å². The zero-order valence-corrected chi connectivity index (χ0v) is 20.7. The standard InChI is InChI=1S/C23H41N5O6/c1-14(2)12-18(24)21(32)27-20(15(3)30)22(33)26-19(9-5-6-10-25-16(4)31)23(34)28-11-7-8-17(28)13-29/h13-15,17-20,30H,5-12,24H2,1-4H3,(H,25,31)(H,26,33)(H,27,32)/t15-,17+,18+,19+,20+/m1/s1. The maximum atomic E-state index is 13.2. The van der Waals surface area contributed by atoms with Crippen molar-refractivity contribution < 1.29 is 29.1 Å². The van der Waals surface area contributed by atoms with Gasteiger partial charge >= 0.3 is 0 Å². The minimum absolute atomic E-state index is 0.155. The Hall–Kier alpha value is -2.53. The number of nitrogens with two attached hydrogens (primary N) is 1. The van der Waals surface area contributed by atoms with E-state index in [4.69, 9.17) is 5.73 Å². The summed E-state index contributed by atoms with van der Waals surface area (Å²) in [6.07, 6.45) is 2.59. The molecular weight excluding hydrogens is 442 g/mol. The lowest BCUT2D eigenvalue weighted by molar-refractivity contribution is -0.140. The zero-order chi connectivity index (χ0) is 25.8. The molecule has 0 spiro atoms. The van der Waals surface area contributed by atoms with Gasteiger partial charge in [0.2, 0.25) is 23.6 Å². The van der Waals surface area contributed by atoms with Gasteiger partial charge in [-0.05, 0) is 51.4 Å². The third-order valence-electron chi connectivity index (χ3n) is 5.77. The Morgan fingerprint density at radius 3 is 2.35 bits per heavy atom. The molecule has 6 N–H and O–H groups in total. The van der Waals surface area contributed by atoms with Crippen molar-refractivity contribution in [1.29, 1.82) is 0 Å². The molecule has 1 aliphatic heterocycles. The van der Waals surface area contributed by atoms with Crippen molar-refractivity contribution in [2.45, 2.75) is 96.5 Å². The Morgan fingerprint density at radius 2 is 1.79 bits per heavy atom. The van der Waals surface area contributed by atoms with E-state index in [1.165, 1.54) is 18.7 Å². The molecule has 34 heavy (non-hydrogen) atoms. The molecule has 5 atom stereocenters. The lowest BCUT2D eigenvalue weighted by Crippen LogP contribution is -2.59.